The van der Waals surface area contributed by atoms with E-state index in [0.29, 0.717) is 10.2 Å². The van der Waals surface area contributed by atoms with Gasteiger partial charge in [0.05, 0.1) is 5.69 Å². The fourth-order valence-electron chi connectivity index (χ4n) is 1.35. The third kappa shape index (κ3) is 1.98. The maximum absolute atomic E-state index is 13.7. The van der Waals surface area contributed by atoms with Crippen LogP contribution in [0.1, 0.15) is 5.69 Å². The van der Waals surface area contributed by atoms with E-state index in [1.807, 2.05) is 0 Å². The molecule has 2 rings (SSSR count). The van der Waals surface area contributed by atoms with Gasteiger partial charge in [-0.1, -0.05) is 12.2 Å². The van der Waals surface area contributed by atoms with Gasteiger partial charge in [-0.3, -0.25) is 4.57 Å². The molecule has 3 nitrogen and oxygen atoms in total. The third-order valence-electron chi connectivity index (χ3n) is 2.02. The zero-order valence-corrected chi connectivity index (χ0v) is 10.4. The van der Waals surface area contributed by atoms with Crippen molar-refractivity contribution in [2.24, 2.45) is 5.73 Å². The van der Waals surface area contributed by atoms with E-state index in [-0.39, 0.29) is 10.8 Å². The number of hydrogen-bond donors (Lipinski definition) is 1. The summed E-state index contributed by atoms with van der Waals surface area (Å²) in [6.45, 7) is 0. The molecule has 0 aliphatic carbocycles. The Hall–Kier alpha value is -1.27. The Bertz CT molecular complexity index is 553. The summed E-state index contributed by atoms with van der Waals surface area (Å²) in [5.41, 5.74) is 6.09. The highest BCUT2D eigenvalue weighted by atomic mass is 79.9. The lowest BCUT2D eigenvalue weighted by atomic mass is 10.4. The fourth-order valence-corrected chi connectivity index (χ4v) is 1.82. The van der Waals surface area contributed by atoms with Crippen molar-refractivity contribution in [1.82, 2.24) is 9.55 Å². The first-order chi connectivity index (χ1) is 7.59. The second kappa shape index (κ2) is 4.31. The number of pyridine rings is 1. The molecule has 0 bridgehead atoms. The van der Waals surface area contributed by atoms with Gasteiger partial charge in [0, 0.05) is 16.9 Å². The molecule has 6 heteroatoms. The largest absolute Gasteiger partial charge is 0.388 e. The van der Waals surface area contributed by atoms with Crippen molar-refractivity contribution in [2.45, 2.75) is 0 Å². The minimum Gasteiger partial charge on any atom is -0.388 e. The maximum Gasteiger partial charge on any atom is 0.173 e. The summed E-state index contributed by atoms with van der Waals surface area (Å²) in [5, 5.41) is 0. The lowest BCUT2D eigenvalue weighted by molar-refractivity contribution is 0.608. The van der Waals surface area contributed by atoms with Crippen LogP contribution in [-0.2, 0) is 0 Å². The summed E-state index contributed by atoms with van der Waals surface area (Å²) >= 11 is 8.01. The number of rotatable bonds is 2. The van der Waals surface area contributed by atoms with Gasteiger partial charge in [0.1, 0.15) is 4.99 Å². The predicted octanol–water partition coefficient (Wildman–Crippen LogP) is 2.41. The van der Waals surface area contributed by atoms with E-state index in [0.717, 1.165) is 0 Å². The first-order valence-corrected chi connectivity index (χ1v) is 5.58. The third-order valence-corrected chi connectivity index (χ3v) is 2.66. The normalized spacial score (nSPS) is 10.4. The zero-order chi connectivity index (χ0) is 11.7. The number of aromatic nitrogens is 2. The van der Waals surface area contributed by atoms with Gasteiger partial charge in [-0.25, -0.2) is 9.37 Å². The van der Waals surface area contributed by atoms with Gasteiger partial charge >= 0.3 is 0 Å². The number of hydrogen-bond acceptors (Lipinski definition) is 2. The smallest absolute Gasteiger partial charge is 0.173 e. The maximum atomic E-state index is 13.7. The number of nitrogens with zero attached hydrogens (tertiary/aromatic N) is 2. The summed E-state index contributed by atoms with van der Waals surface area (Å²) in [6, 6.07) is 4.79. The van der Waals surface area contributed by atoms with E-state index in [1.165, 1.54) is 16.8 Å². The van der Waals surface area contributed by atoms with Gasteiger partial charge in [0.25, 0.3) is 0 Å². The van der Waals surface area contributed by atoms with Crippen molar-refractivity contribution in [3.8, 4) is 5.82 Å². The van der Waals surface area contributed by atoms with E-state index < -0.39 is 5.82 Å². The van der Waals surface area contributed by atoms with Crippen LogP contribution in [0.5, 0.6) is 0 Å². The van der Waals surface area contributed by atoms with Crippen LogP contribution < -0.4 is 5.73 Å². The molecular weight excluding hydrogens is 293 g/mol. The SMILES string of the molecule is NC(=S)c1cccn1-c1ncc(Br)cc1F. The molecule has 0 radical (unpaired) electrons. The number of thiocarbonyl (C=S) groups is 1. The molecule has 0 aliphatic heterocycles. The average molecular weight is 300 g/mol. The Morgan fingerprint density at radius 3 is 2.94 bits per heavy atom. The molecule has 0 saturated carbocycles. The second-order valence-corrected chi connectivity index (χ2v) is 4.44. The van der Waals surface area contributed by atoms with Crippen molar-refractivity contribution in [2.75, 3.05) is 0 Å². The second-order valence-electron chi connectivity index (χ2n) is 3.09. The molecular formula is C10H7BrFN3S. The zero-order valence-electron chi connectivity index (χ0n) is 8.02. The predicted molar refractivity (Wildman–Crippen MR) is 67.1 cm³/mol. The molecule has 0 saturated heterocycles. The van der Waals surface area contributed by atoms with E-state index in [2.05, 4.69) is 20.9 Å². The van der Waals surface area contributed by atoms with Crippen LogP contribution in [0, 0.1) is 5.82 Å². The Balaban J connectivity index is 2.59. The standard InChI is InChI=1S/C10H7BrFN3S/c11-6-4-7(12)10(14-5-6)15-3-1-2-8(15)9(13)16/h1-5H,(H2,13,16). The van der Waals surface area contributed by atoms with Crippen LogP contribution in [0.25, 0.3) is 5.82 Å². The summed E-state index contributed by atoms with van der Waals surface area (Å²) in [6.07, 6.45) is 3.18. The molecule has 0 aliphatic rings. The first kappa shape index (κ1) is 11.2. The van der Waals surface area contributed by atoms with E-state index >= 15 is 0 Å². The molecule has 2 aromatic heterocycles. The molecule has 82 valence electrons. The molecule has 0 aromatic carbocycles. The van der Waals surface area contributed by atoms with E-state index in [1.54, 1.807) is 18.3 Å². The highest BCUT2D eigenvalue weighted by Crippen LogP contribution is 2.17. The van der Waals surface area contributed by atoms with Crippen LogP contribution in [0.15, 0.2) is 35.1 Å². The topological polar surface area (TPSA) is 43.8 Å². The van der Waals surface area contributed by atoms with Crippen molar-refractivity contribution in [1.29, 1.82) is 0 Å². The minimum atomic E-state index is -0.442. The fraction of sp³-hybridized carbons (Fsp3) is 0. The summed E-state index contributed by atoms with van der Waals surface area (Å²) in [4.78, 5) is 4.19. The van der Waals surface area contributed by atoms with Gasteiger partial charge in [0.2, 0.25) is 0 Å². The Labute approximate surface area is 105 Å². The van der Waals surface area contributed by atoms with Crippen molar-refractivity contribution >= 4 is 33.1 Å². The number of halogens is 2. The van der Waals surface area contributed by atoms with Crippen LogP contribution in [0.4, 0.5) is 4.39 Å². The lowest BCUT2D eigenvalue weighted by Crippen LogP contribution is -2.15. The first-order valence-electron chi connectivity index (χ1n) is 4.38. The van der Waals surface area contributed by atoms with Crippen molar-refractivity contribution in [3.63, 3.8) is 0 Å². The van der Waals surface area contributed by atoms with Crippen LogP contribution in [0.2, 0.25) is 0 Å². The van der Waals surface area contributed by atoms with Gasteiger partial charge < -0.3 is 5.73 Å². The quantitative estimate of drug-likeness (QED) is 0.866. The van der Waals surface area contributed by atoms with Crippen LogP contribution in [-0.4, -0.2) is 14.5 Å². The Morgan fingerprint density at radius 2 is 2.31 bits per heavy atom. The van der Waals surface area contributed by atoms with E-state index in [4.69, 9.17) is 18.0 Å². The summed E-state index contributed by atoms with van der Waals surface area (Å²) < 4.78 is 15.8. The van der Waals surface area contributed by atoms with Crippen molar-refractivity contribution < 1.29 is 4.39 Å². The van der Waals surface area contributed by atoms with Crippen LogP contribution >= 0.6 is 28.1 Å². The minimum absolute atomic E-state index is 0.177. The Morgan fingerprint density at radius 1 is 1.56 bits per heavy atom. The number of nitrogens with two attached hydrogens (primary N) is 1. The van der Waals surface area contributed by atoms with Gasteiger partial charge in [-0.2, -0.15) is 0 Å². The summed E-state index contributed by atoms with van der Waals surface area (Å²) in [5.74, 6) is -0.265. The van der Waals surface area contributed by atoms with Gasteiger partial charge in [-0.15, -0.1) is 0 Å². The highest BCUT2D eigenvalue weighted by molar-refractivity contribution is 9.10. The molecule has 2 heterocycles. The molecule has 0 atom stereocenters. The molecule has 0 spiro atoms. The molecule has 2 aromatic rings. The highest BCUT2D eigenvalue weighted by Gasteiger charge is 2.11. The molecule has 16 heavy (non-hydrogen) atoms. The van der Waals surface area contributed by atoms with Crippen LogP contribution in [0.3, 0.4) is 0 Å². The molecule has 0 unspecified atom stereocenters. The van der Waals surface area contributed by atoms with Crippen molar-refractivity contribution in [3.05, 3.63) is 46.6 Å². The van der Waals surface area contributed by atoms with Gasteiger partial charge in [-0.05, 0) is 34.1 Å². The monoisotopic (exact) mass is 299 g/mol. The Kier molecular flexibility index (Phi) is 3.02. The van der Waals surface area contributed by atoms with E-state index in [9.17, 15) is 4.39 Å². The van der Waals surface area contributed by atoms with Gasteiger partial charge in [0.15, 0.2) is 11.6 Å². The lowest BCUT2D eigenvalue weighted by Gasteiger charge is -2.07. The molecule has 2 N–H and O–H groups in total. The molecule has 0 fully saturated rings. The summed E-state index contributed by atoms with van der Waals surface area (Å²) in [7, 11) is 0. The molecule has 0 amide bonds. The average Bonchev–Trinajstić information content (AvgIpc) is 2.66.